The lowest BCUT2D eigenvalue weighted by Gasteiger charge is -2.30. The molecule has 0 aliphatic rings. The van der Waals surface area contributed by atoms with Crippen LogP contribution in [0.25, 0.3) is 4.49 Å². The van der Waals surface area contributed by atoms with Crippen LogP contribution < -0.4 is 0 Å². The second kappa shape index (κ2) is 12.9. The standard InChI is InChI=1S/C18H30ClNO5PS/c1-3-5-7-9-15-24-26(21,25-16-10-8-6-4-2)20-27(22,23)18-13-11-17(19)12-14-18/h11-14H,3-10,15-16H2,1-2H3/q-1. The summed E-state index contributed by atoms with van der Waals surface area (Å²) in [6, 6.07) is 5.50. The Balaban J connectivity index is 2.75. The van der Waals surface area contributed by atoms with Gasteiger partial charge in [0.15, 0.2) is 0 Å². The van der Waals surface area contributed by atoms with E-state index in [0.717, 1.165) is 38.5 Å². The van der Waals surface area contributed by atoms with Crippen molar-refractivity contribution in [3.05, 3.63) is 33.8 Å². The van der Waals surface area contributed by atoms with Gasteiger partial charge in [0.1, 0.15) is 10.0 Å². The molecule has 0 N–H and O–H groups in total. The van der Waals surface area contributed by atoms with Crippen LogP contribution in [-0.4, -0.2) is 21.6 Å². The van der Waals surface area contributed by atoms with Gasteiger partial charge in [-0.25, -0.2) is 8.42 Å². The van der Waals surface area contributed by atoms with Crippen molar-refractivity contribution >= 4 is 29.4 Å². The molecule has 0 aromatic heterocycles. The molecular formula is C18H30ClNO5PS-. The molecule has 0 unspecified atom stereocenters. The lowest BCUT2D eigenvalue weighted by Crippen LogP contribution is -2.05. The fourth-order valence-electron chi connectivity index (χ4n) is 2.29. The summed E-state index contributed by atoms with van der Waals surface area (Å²) in [5.74, 6) is 0. The zero-order valence-corrected chi connectivity index (χ0v) is 18.6. The quantitative estimate of drug-likeness (QED) is 0.224. The number of sulfonamides is 1. The van der Waals surface area contributed by atoms with E-state index in [1.165, 1.54) is 24.3 Å². The number of nitrogens with zero attached hydrogens (tertiary/aromatic N) is 1. The van der Waals surface area contributed by atoms with E-state index < -0.39 is 17.8 Å². The van der Waals surface area contributed by atoms with Gasteiger partial charge in [-0.15, -0.1) is 0 Å². The van der Waals surface area contributed by atoms with Crippen molar-refractivity contribution in [1.29, 1.82) is 0 Å². The Labute approximate surface area is 168 Å². The largest absolute Gasteiger partial charge is 0.438 e. The predicted octanol–water partition coefficient (Wildman–Crippen LogP) is 6.70. The molecule has 156 valence electrons. The van der Waals surface area contributed by atoms with Crippen LogP contribution in [0.2, 0.25) is 5.02 Å². The van der Waals surface area contributed by atoms with Crippen LogP contribution in [0.5, 0.6) is 0 Å². The van der Waals surface area contributed by atoms with E-state index in [0.29, 0.717) is 17.9 Å². The Morgan fingerprint density at radius 2 is 1.37 bits per heavy atom. The van der Waals surface area contributed by atoms with Crippen LogP contribution in [0, 0.1) is 0 Å². The summed E-state index contributed by atoms with van der Waals surface area (Å²) in [5, 5.41) is 0.400. The highest BCUT2D eigenvalue weighted by atomic mass is 35.5. The zero-order chi connectivity index (χ0) is 20.2. The summed E-state index contributed by atoms with van der Waals surface area (Å²) >= 11 is 5.79. The van der Waals surface area contributed by atoms with Crippen molar-refractivity contribution in [3.63, 3.8) is 0 Å². The number of halogens is 1. The van der Waals surface area contributed by atoms with Crippen LogP contribution in [0.4, 0.5) is 0 Å². The number of hydrogen-bond donors (Lipinski definition) is 0. The first-order valence-electron chi connectivity index (χ1n) is 9.47. The van der Waals surface area contributed by atoms with Crippen LogP contribution in [0.15, 0.2) is 29.2 Å². The minimum absolute atomic E-state index is 0.101. The van der Waals surface area contributed by atoms with Gasteiger partial charge in [0.2, 0.25) is 0 Å². The van der Waals surface area contributed by atoms with E-state index in [2.05, 4.69) is 18.3 Å². The Morgan fingerprint density at radius 1 is 0.889 bits per heavy atom. The molecule has 0 heterocycles. The molecular weight excluding hydrogens is 409 g/mol. The van der Waals surface area contributed by atoms with Crippen molar-refractivity contribution in [3.8, 4) is 0 Å². The van der Waals surface area contributed by atoms with Gasteiger partial charge in [-0.1, -0.05) is 64.0 Å². The second-order valence-electron chi connectivity index (χ2n) is 6.27. The van der Waals surface area contributed by atoms with E-state index in [4.69, 9.17) is 20.6 Å². The SMILES string of the molecule is CCCCCCOP(=O)([N-]S(=O)(=O)c1ccc(Cl)cc1)OCCCCCC. The van der Waals surface area contributed by atoms with E-state index in [9.17, 15) is 13.0 Å². The van der Waals surface area contributed by atoms with Gasteiger partial charge in [0.25, 0.3) is 7.75 Å². The first-order valence-corrected chi connectivity index (χ1v) is 12.8. The number of hydrogen-bond acceptors (Lipinski definition) is 5. The first kappa shape index (κ1) is 24.6. The maximum atomic E-state index is 12.9. The third-order valence-electron chi connectivity index (χ3n) is 3.82. The van der Waals surface area contributed by atoms with Gasteiger partial charge in [0, 0.05) is 9.92 Å². The predicted molar refractivity (Wildman–Crippen MR) is 110 cm³/mol. The summed E-state index contributed by atoms with van der Waals surface area (Å²) in [6.45, 7) is 4.45. The Kier molecular flexibility index (Phi) is 11.8. The zero-order valence-electron chi connectivity index (χ0n) is 16.1. The van der Waals surface area contributed by atoms with Gasteiger partial charge < -0.3 is 13.5 Å². The summed E-state index contributed by atoms with van der Waals surface area (Å²) in [7, 11) is -8.29. The first-order chi connectivity index (χ1) is 12.8. The minimum atomic E-state index is -4.18. The van der Waals surface area contributed by atoms with Crippen LogP contribution >= 0.6 is 19.3 Å². The Hall–Kier alpha value is -0.430. The third kappa shape index (κ3) is 10.1. The van der Waals surface area contributed by atoms with Gasteiger partial charge in [-0.2, -0.15) is 0 Å². The molecule has 0 saturated carbocycles. The third-order valence-corrected chi connectivity index (χ3v) is 7.62. The molecule has 0 aliphatic heterocycles. The maximum Gasteiger partial charge on any atom is 0.253 e. The molecule has 0 fully saturated rings. The fourth-order valence-corrected chi connectivity index (χ4v) is 5.49. The highest BCUT2D eigenvalue weighted by Crippen LogP contribution is 2.57. The molecule has 1 aromatic rings. The maximum absolute atomic E-state index is 12.9. The van der Waals surface area contributed by atoms with E-state index in [-0.39, 0.29) is 18.1 Å². The average Bonchev–Trinajstić information content (AvgIpc) is 2.61. The molecule has 1 rings (SSSR count). The van der Waals surface area contributed by atoms with Gasteiger partial charge in [-0.3, -0.25) is 4.57 Å². The van der Waals surface area contributed by atoms with E-state index in [1.54, 1.807) is 0 Å². The summed E-state index contributed by atoms with van der Waals surface area (Å²) in [4.78, 5) is -0.101. The number of benzene rings is 1. The van der Waals surface area contributed by atoms with Crippen LogP contribution in [-0.2, 0) is 23.6 Å². The van der Waals surface area contributed by atoms with Crippen LogP contribution in [0.3, 0.4) is 0 Å². The molecule has 0 atom stereocenters. The molecule has 0 radical (unpaired) electrons. The normalized spacial score (nSPS) is 12.4. The van der Waals surface area contributed by atoms with E-state index in [1.807, 2.05) is 0 Å². The number of unbranched alkanes of at least 4 members (excludes halogenated alkanes) is 6. The molecule has 0 bridgehead atoms. The Morgan fingerprint density at radius 3 is 1.81 bits per heavy atom. The monoisotopic (exact) mass is 438 g/mol. The van der Waals surface area contributed by atoms with E-state index >= 15 is 0 Å². The Bertz CT molecular complexity index is 663. The molecule has 1 aromatic carbocycles. The summed E-state index contributed by atoms with van der Waals surface area (Å²) in [5.41, 5.74) is 0. The summed E-state index contributed by atoms with van der Waals surface area (Å²) < 4.78 is 52.1. The van der Waals surface area contributed by atoms with Crippen LogP contribution in [0.1, 0.15) is 65.2 Å². The van der Waals surface area contributed by atoms with Gasteiger partial charge >= 0.3 is 0 Å². The molecule has 0 spiro atoms. The van der Waals surface area contributed by atoms with Crippen molar-refractivity contribution in [2.75, 3.05) is 13.2 Å². The molecule has 0 amide bonds. The fraction of sp³-hybridized carbons (Fsp3) is 0.667. The molecule has 9 heteroatoms. The highest BCUT2D eigenvalue weighted by molar-refractivity contribution is 8.01. The molecule has 6 nitrogen and oxygen atoms in total. The van der Waals surface area contributed by atoms with Crippen molar-refractivity contribution < 1.29 is 22.0 Å². The van der Waals surface area contributed by atoms with Gasteiger partial charge in [-0.05, 0) is 37.1 Å². The lowest BCUT2D eigenvalue weighted by molar-refractivity contribution is 0.204. The highest BCUT2D eigenvalue weighted by Gasteiger charge is 2.20. The lowest BCUT2D eigenvalue weighted by atomic mass is 10.2. The number of rotatable bonds is 15. The molecule has 27 heavy (non-hydrogen) atoms. The van der Waals surface area contributed by atoms with Crippen molar-refractivity contribution in [2.45, 2.75) is 70.1 Å². The average molecular weight is 439 g/mol. The second-order valence-corrected chi connectivity index (χ2v) is 10.2. The smallest absolute Gasteiger partial charge is 0.253 e. The minimum Gasteiger partial charge on any atom is -0.438 e. The topological polar surface area (TPSA) is 83.8 Å². The molecule has 0 aliphatic carbocycles. The van der Waals surface area contributed by atoms with Crippen molar-refractivity contribution in [2.24, 2.45) is 0 Å². The molecule has 0 saturated heterocycles. The van der Waals surface area contributed by atoms with Crippen molar-refractivity contribution in [1.82, 2.24) is 0 Å². The van der Waals surface area contributed by atoms with Gasteiger partial charge in [0.05, 0.1) is 13.2 Å². The summed E-state index contributed by atoms with van der Waals surface area (Å²) in [6.07, 6.45) is 7.36.